The van der Waals surface area contributed by atoms with Gasteiger partial charge in [-0.2, -0.15) is 0 Å². The Hall–Kier alpha value is -2.36. The molecule has 2 fully saturated rings. The number of nitrogens with one attached hydrogen (secondary N) is 1. The first-order valence-electron chi connectivity index (χ1n) is 10.6. The van der Waals surface area contributed by atoms with E-state index in [0.29, 0.717) is 19.4 Å². The maximum absolute atomic E-state index is 15.0. The molecule has 9 heteroatoms. The number of hydrogen-bond acceptors (Lipinski definition) is 4. The number of carbonyl (C=O) groups excluding carboxylic acids is 1. The van der Waals surface area contributed by atoms with Gasteiger partial charge in [0.25, 0.3) is 11.8 Å². The molecule has 2 saturated heterocycles. The van der Waals surface area contributed by atoms with Crippen molar-refractivity contribution in [2.24, 2.45) is 0 Å². The van der Waals surface area contributed by atoms with Crippen molar-refractivity contribution in [1.29, 1.82) is 0 Å². The number of sulfonamides is 1. The van der Waals surface area contributed by atoms with Crippen LogP contribution < -0.4 is 4.72 Å². The van der Waals surface area contributed by atoms with Crippen molar-refractivity contribution in [1.82, 2.24) is 9.62 Å². The van der Waals surface area contributed by atoms with Crippen LogP contribution in [0.25, 0.3) is 11.1 Å². The number of benzene rings is 2. The van der Waals surface area contributed by atoms with Crippen LogP contribution in [0, 0.1) is 0 Å². The third-order valence-corrected chi connectivity index (χ3v) is 6.61. The number of nitrogens with zero attached hydrogens (tertiary/aromatic N) is 1. The minimum absolute atomic E-state index is 0.0852. The zero-order valence-electron chi connectivity index (χ0n) is 17.7. The number of likely N-dealkylation sites (tertiary alicyclic amines) is 1. The second-order valence-corrected chi connectivity index (χ2v) is 10.2. The van der Waals surface area contributed by atoms with Crippen molar-refractivity contribution < 1.29 is 26.7 Å². The molecule has 32 heavy (non-hydrogen) atoms. The molecule has 2 aliphatic rings. The van der Waals surface area contributed by atoms with Crippen LogP contribution in [-0.4, -0.2) is 62.7 Å². The fourth-order valence-corrected chi connectivity index (χ4v) is 5.27. The van der Waals surface area contributed by atoms with Crippen LogP contribution >= 0.6 is 0 Å². The van der Waals surface area contributed by atoms with Gasteiger partial charge in [0.15, 0.2) is 0 Å². The van der Waals surface area contributed by atoms with Crippen LogP contribution in [0.2, 0.25) is 0 Å². The highest BCUT2D eigenvalue weighted by molar-refractivity contribution is 7.88. The molecule has 0 radical (unpaired) electrons. The Morgan fingerprint density at radius 2 is 1.88 bits per heavy atom. The van der Waals surface area contributed by atoms with Crippen molar-refractivity contribution in [3.63, 3.8) is 0 Å². The van der Waals surface area contributed by atoms with Gasteiger partial charge in [0.2, 0.25) is 10.0 Å². The van der Waals surface area contributed by atoms with Crippen molar-refractivity contribution >= 4 is 15.9 Å². The molecule has 172 valence electrons. The summed E-state index contributed by atoms with van der Waals surface area (Å²) in [6.07, 6.45) is 1.33. The van der Waals surface area contributed by atoms with E-state index in [-0.39, 0.29) is 6.42 Å². The smallest absolute Gasteiger partial charge is 0.283 e. The van der Waals surface area contributed by atoms with E-state index in [2.05, 4.69) is 4.72 Å². The molecule has 4 rings (SSSR count). The second kappa shape index (κ2) is 8.88. The Kier molecular flexibility index (Phi) is 6.33. The quantitative estimate of drug-likeness (QED) is 0.714. The summed E-state index contributed by atoms with van der Waals surface area (Å²) >= 11 is 0. The Balaban J connectivity index is 1.67. The number of rotatable bonds is 6. The van der Waals surface area contributed by atoms with E-state index in [0.717, 1.165) is 27.8 Å². The van der Waals surface area contributed by atoms with E-state index in [4.69, 9.17) is 4.74 Å². The van der Waals surface area contributed by atoms with Crippen LogP contribution in [0.15, 0.2) is 54.6 Å². The van der Waals surface area contributed by atoms with Gasteiger partial charge in [-0.3, -0.25) is 4.79 Å². The number of carbonyl (C=O) groups is 1. The molecule has 2 aromatic carbocycles. The maximum Gasteiger partial charge on any atom is 0.283 e. The Bertz CT molecular complexity index is 1070. The summed E-state index contributed by atoms with van der Waals surface area (Å²) in [5, 5.41) is 0. The first kappa shape index (κ1) is 22.8. The molecule has 0 unspecified atom stereocenters. The molecule has 0 bridgehead atoms. The van der Waals surface area contributed by atoms with Gasteiger partial charge in [0.05, 0.1) is 18.8 Å². The van der Waals surface area contributed by atoms with Gasteiger partial charge in [-0.25, -0.2) is 21.9 Å². The van der Waals surface area contributed by atoms with Gasteiger partial charge in [-0.05, 0) is 36.0 Å². The molecule has 0 saturated carbocycles. The van der Waals surface area contributed by atoms with Crippen LogP contribution in [0.1, 0.15) is 18.4 Å². The summed E-state index contributed by atoms with van der Waals surface area (Å²) in [5.74, 6) is -3.91. The number of hydrogen-bond donors (Lipinski definition) is 1. The van der Waals surface area contributed by atoms with E-state index in [9.17, 15) is 22.0 Å². The Morgan fingerprint density at radius 3 is 2.53 bits per heavy atom. The second-order valence-electron chi connectivity index (χ2n) is 8.43. The third kappa shape index (κ3) is 5.00. The first-order valence-corrected chi connectivity index (χ1v) is 12.4. The summed E-state index contributed by atoms with van der Waals surface area (Å²) in [6.45, 7) is -0.433. The van der Waals surface area contributed by atoms with E-state index in [1.165, 1.54) is 0 Å². The molecule has 0 aliphatic carbocycles. The third-order valence-electron chi connectivity index (χ3n) is 5.93. The van der Waals surface area contributed by atoms with Gasteiger partial charge in [0.1, 0.15) is 12.1 Å². The summed E-state index contributed by atoms with van der Waals surface area (Å²) in [7, 11) is -3.92. The highest BCUT2D eigenvalue weighted by Crippen LogP contribution is 2.36. The standard InChI is InChI=1S/C23H26F2N2O4S/c1-32(29,30)26-21-19(27(15-23(21,24)25)22(28)20-11-6-12-31-20)14-16-7-5-10-18(13-16)17-8-3-2-4-9-17/h2-5,7-10,13,19-21,26H,6,11-12,14-15H2,1H3/t19-,20+,21+/m0/s1. The zero-order chi connectivity index (χ0) is 22.9. The Labute approximate surface area is 186 Å². The number of ether oxygens (including phenoxy) is 1. The lowest BCUT2D eigenvalue weighted by atomic mass is 9.96. The summed E-state index contributed by atoms with van der Waals surface area (Å²) < 4.78 is 61.2. The van der Waals surface area contributed by atoms with Gasteiger partial charge in [0, 0.05) is 6.61 Å². The fraction of sp³-hybridized carbons (Fsp3) is 0.435. The van der Waals surface area contributed by atoms with Gasteiger partial charge in [-0.1, -0.05) is 54.6 Å². The van der Waals surface area contributed by atoms with Gasteiger partial charge >= 0.3 is 0 Å². The monoisotopic (exact) mass is 464 g/mol. The van der Waals surface area contributed by atoms with Gasteiger partial charge < -0.3 is 9.64 Å². The van der Waals surface area contributed by atoms with Crippen molar-refractivity contribution in [3.05, 3.63) is 60.2 Å². The van der Waals surface area contributed by atoms with E-state index in [1.54, 1.807) is 6.07 Å². The number of alkyl halides is 2. The predicted octanol–water partition coefficient (Wildman–Crippen LogP) is 2.84. The van der Waals surface area contributed by atoms with E-state index < -0.39 is 46.6 Å². The summed E-state index contributed by atoms with van der Waals surface area (Å²) in [6, 6.07) is 14.3. The molecule has 2 aliphatic heterocycles. The molecular formula is C23H26F2N2O4S. The number of amides is 1. The average Bonchev–Trinajstić information content (AvgIpc) is 3.36. The van der Waals surface area contributed by atoms with E-state index >= 15 is 0 Å². The van der Waals surface area contributed by atoms with Gasteiger partial charge in [-0.15, -0.1) is 0 Å². The fourth-order valence-electron chi connectivity index (χ4n) is 4.48. The first-order chi connectivity index (χ1) is 15.1. The largest absolute Gasteiger partial charge is 0.368 e. The minimum atomic E-state index is -3.92. The molecule has 2 aromatic rings. The van der Waals surface area contributed by atoms with Crippen LogP contribution in [0.4, 0.5) is 8.78 Å². The summed E-state index contributed by atoms with van der Waals surface area (Å²) in [4.78, 5) is 14.1. The normalized spacial score (nSPS) is 25.2. The molecule has 0 aromatic heterocycles. The Morgan fingerprint density at radius 1 is 1.16 bits per heavy atom. The van der Waals surface area contributed by atoms with Crippen molar-refractivity contribution in [3.8, 4) is 11.1 Å². The summed E-state index contributed by atoms with van der Waals surface area (Å²) in [5.41, 5.74) is 2.63. The maximum atomic E-state index is 15.0. The molecule has 6 nitrogen and oxygen atoms in total. The molecule has 2 heterocycles. The van der Waals surface area contributed by atoms with Crippen molar-refractivity contribution in [2.45, 2.75) is 43.4 Å². The highest BCUT2D eigenvalue weighted by Gasteiger charge is 2.57. The molecule has 0 spiro atoms. The van der Waals surface area contributed by atoms with Crippen molar-refractivity contribution in [2.75, 3.05) is 19.4 Å². The topological polar surface area (TPSA) is 75.7 Å². The molecule has 1 amide bonds. The molecular weight excluding hydrogens is 438 g/mol. The lowest BCUT2D eigenvalue weighted by molar-refractivity contribution is -0.143. The van der Waals surface area contributed by atoms with Crippen LogP contribution in [-0.2, 0) is 26.0 Å². The lowest BCUT2D eigenvalue weighted by Crippen LogP contribution is -2.52. The number of halogens is 2. The minimum Gasteiger partial charge on any atom is -0.368 e. The SMILES string of the molecule is CS(=O)(=O)N[C@@H]1[C@H](Cc2cccc(-c3ccccc3)c2)N(C(=O)[C@H]2CCCO2)CC1(F)F. The van der Waals surface area contributed by atoms with Crippen LogP contribution in [0.3, 0.4) is 0 Å². The van der Waals surface area contributed by atoms with E-state index in [1.807, 2.05) is 48.5 Å². The highest BCUT2D eigenvalue weighted by atomic mass is 32.2. The average molecular weight is 465 g/mol. The zero-order valence-corrected chi connectivity index (χ0v) is 18.5. The lowest BCUT2D eigenvalue weighted by Gasteiger charge is -2.29. The van der Waals surface area contributed by atoms with Crippen LogP contribution in [0.5, 0.6) is 0 Å². The predicted molar refractivity (Wildman–Crippen MR) is 117 cm³/mol. The molecule has 3 atom stereocenters. The molecule has 1 N–H and O–H groups in total.